The Labute approximate surface area is 314 Å². The smallest absolute Gasteiger partial charge is 0.180 e. The van der Waals surface area contributed by atoms with Crippen molar-refractivity contribution in [2.75, 3.05) is 0 Å². The summed E-state index contributed by atoms with van der Waals surface area (Å²) in [5.74, 6) is 0.622. The molecule has 4 aromatic heterocycles. The minimum absolute atomic E-state index is 0.622. The summed E-state index contributed by atoms with van der Waals surface area (Å²) in [5, 5.41) is 7.82. The molecular weight excluding hydrogens is 675 g/mol. The molecule has 0 fully saturated rings. The van der Waals surface area contributed by atoms with Gasteiger partial charge in [-0.25, -0.2) is 9.97 Å². The lowest BCUT2D eigenvalue weighted by Gasteiger charge is -2.13. The zero-order valence-electron chi connectivity index (χ0n) is 29.4. The second-order valence-corrected chi connectivity index (χ2v) is 14.1. The Balaban J connectivity index is 1.15. The summed E-state index contributed by atoms with van der Waals surface area (Å²) in [6, 6.07) is 61.4. The molecule has 5 nitrogen and oxygen atoms in total. The molecule has 0 aliphatic rings. The van der Waals surface area contributed by atoms with E-state index >= 15 is 0 Å². The van der Waals surface area contributed by atoms with Gasteiger partial charge in [-0.15, -0.1) is 0 Å². The molecular formula is C50H29N3O2. The van der Waals surface area contributed by atoms with E-state index in [-0.39, 0.29) is 0 Å². The molecule has 8 aromatic carbocycles. The summed E-state index contributed by atoms with van der Waals surface area (Å²) in [6.07, 6.45) is 0. The highest BCUT2D eigenvalue weighted by Gasteiger charge is 2.25. The van der Waals surface area contributed by atoms with Crippen molar-refractivity contribution in [3.8, 4) is 39.5 Å². The van der Waals surface area contributed by atoms with Gasteiger partial charge < -0.3 is 13.4 Å². The van der Waals surface area contributed by atoms with Gasteiger partial charge in [0.05, 0.1) is 22.1 Å². The summed E-state index contributed by atoms with van der Waals surface area (Å²) in [7, 11) is 0. The van der Waals surface area contributed by atoms with Crippen LogP contribution in [-0.4, -0.2) is 14.5 Å². The Morgan fingerprint density at radius 2 is 1.04 bits per heavy atom. The summed E-state index contributed by atoms with van der Waals surface area (Å²) < 4.78 is 15.9. The van der Waals surface area contributed by atoms with E-state index in [1.165, 1.54) is 21.5 Å². The first-order valence-electron chi connectivity index (χ1n) is 18.5. The quantitative estimate of drug-likeness (QED) is 0.183. The molecule has 0 aliphatic heterocycles. The van der Waals surface area contributed by atoms with Crippen molar-refractivity contribution in [3.63, 3.8) is 0 Å². The molecule has 0 aliphatic carbocycles. The number of rotatable bonds is 4. The van der Waals surface area contributed by atoms with Crippen LogP contribution in [0.1, 0.15) is 0 Å². The number of nitrogens with zero attached hydrogens (tertiary/aromatic N) is 3. The Bertz CT molecular complexity index is 3480. The maximum atomic E-state index is 6.89. The minimum atomic E-state index is 0.622. The molecule has 12 rings (SSSR count). The van der Waals surface area contributed by atoms with Gasteiger partial charge in [-0.2, -0.15) is 0 Å². The average Bonchev–Trinajstić information content (AvgIpc) is 3.93. The third-order valence-corrected chi connectivity index (χ3v) is 11.0. The summed E-state index contributed by atoms with van der Waals surface area (Å²) in [5.41, 5.74) is 11.8. The van der Waals surface area contributed by atoms with Crippen molar-refractivity contribution in [2.45, 2.75) is 0 Å². The van der Waals surface area contributed by atoms with Crippen LogP contribution in [0.25, 0.3) is 116 Å². The van der Waals surface area contributed by atoms with Crippen molar-refractivity contribution in [1.82, 2.24) is 14.5 Å². The zero-order valence-corrected chi connectivity index (χ0v) is 29.4. The Hall–Kier alpha value is -7.50. The zero-order chi connectivity index (χ0) is 36.0. The van der Waals surface area contributed by atoms with Crippen LogP contribution < -0.4 is 0 Å². The van der Waals surface area contributed by atoms with Crippen molar-refractivity contribution < 1.29 is 8.83 Å². The highest BCUT2D eigenvalue weighted by molar-refractivity contribution is 6.19. The maximum absolute atomic E-state index is 6.89. The van der Waals surface area contributed by atoms with Crippen molar-refractivity contribution in [1.29, 1.82) is 0 Å². The predicted octanol–water partition coefficient (Wildman–Crippen LogP) is 13.5. The second kappa shape index (κ2) is 11.5. The highest BCUT2D eigenvalue weighted by atomic mass is 16.3. The topological polar surface area (TPSA) is 57.0 Å². The number of hydrogen-bond donors (Lipinski definition) is 0. The fourth-order valence-corrected chi connectivity index (χ4v) is 8.44. The largest absolute Gasteiger partial charge is 0.455 e. The van der Waals surface area contributed by atoms with E-state index in [2.05, 4.69) is 144 Å². The number of furan rings is 2. The summed E-state index contributed by atoms with van der Waals surface area (Å²) in [4.78, 5) is 10.5. The Kier molecular flexibility index (Phi) is 6.27. The Morgan fingerprint density at radius 1 is 0.418 bits per heavy atom. The molecule has 0 spiro atoms. The van der Waals surface area contributed by atoms with Crippen LogP contribution in [0, 0.1) is 0 Å². The van der Waals surface area contributed by atoms with E-state index in [1.54, 1.807) is 0 Å². The lowest BCUT2D eigenvalue weighted by Crippen LogP contribution is -1.97. The van der Waals surface area contributed by atoms with E-state index in [9.17, 15) is 0 Å². The highest BCUT2D eigenvalue weighted by Crippen LogP contribution is 2.45. The predicted molar refractivity (Wildman–Crippen MR) is 225 cm³/mol. The van der Waals surface area contributed by atoms with Crippen LogP contribution >= 0.6 is 0 Å². The molecule has 0 saturated heterocycles. The number of aromatic nitrogens is 3. The number of benzene rings is 8. The van der Waals surface area contributed by atoms with Crippen LogP contribution in [0.2, 0.25) is 0 Å². The molecule has 0 atom stereocenters. The fourth-order valence-electron chi connectivity index (χ4n) is 8.44. The minimum Gasteiger partial charge on any atom is -0.455 e. The van der Waals surface area contributed by atoms with Crippen LogP contribution in [0.3, 0.4) is 0 Å². The van der Waals surface area contributed by atoms with Gasteiger partial charge in [0, 0.05) is 32.7 Å². The average molecular weight is 704 g/mol. The monoisotopic (exact) mass is 703 g/mol. The molecule has 0 radical (unpaired) electrons. The van der Waals surface area contributed by atoms with E-state index in [4.69, 9.17) is 18.8 Å². The molecule has 0 bridgehead atoms. The van der Waals surface area contributed by atoms with Gasteiger partial charge in [0.2, 0.25) is 0 Å². The van der Waals surface area contributed by atoms with Gasteiger partial charge in [0.25, 0.3) is 0 Å². The number of fused-ring (bicyclic) bond motifs is 10. The van der Waals surface area contributed by atoms with E-state index in [0.717, 1.165) is 77.4 Å². The van der Waals surface area contributed by atoms with E-state index in [1.807, 2.05) is 36.4 Å². The molecule has 256 valence electrons. The van der Waals surface area contributed by atoms with Gasteiger partial charge in [-0.1, -0.05) is 127 Å². The van der Waals surface area contributed by atoms with Gasteiger partial charge in [-0.3, -0.25) is 0 Å². The third kappa shape index (κ3) is 4.47. The Morgan fingerprint density at radius 3 is 1.85 bits per heavy atom. The first-order valence-corrected chi connectivity index (χ1v) is 18.5. The number of para-hydroxylation sites is 3. The molecule has 4 heterocycles. The molecule has 0 amide bonds. The maximum Gasteiger partial charge on any atom is 0.180 e. The van der Waals surface area contributed by atoms with Crippen molar-refractivity contribution in [3.05, 3.63) is 176 Å². The van der Waals surface area contributed by atoms with Gasteiger partial charge in [0.1, 0.15) is 28.0 Å². The van der Waals surface area contributed by atoms with Crippen LogP contribution in [0.5, 0.6) is 0 Å². The van der Waals surface area contributed by atoms with Crippen molar-refractivity contribution >= 4 is 76.6 Å². The van der Waals surface area contributed by atoms with E-state index < -0.39 is 0 Å². The standard InChI is InChI=1S/C50H29N3O2/c1-2-12-30(13-3-1)31-22-24-32(25-23-31)50-51-46-37-18-8-11-21-44(37)55-49(46)47(52-50)38-26-27-41(45-36-17-7-10-20-43(36)54-48(38)45)53-40-19-9-6-16-35(40)39-28-33-14-4-5-15-34(33)29-42(39)53/h1-29H. The summed E-state index contributed by atoms with van der Waals surface area (Å²) in [6.45, 7) is 0. The van der Waals surface area contributed by atoms with Gasteiger partial charge in [0.15, 0.2) is 11.4 Å². The SMILES string of the molecule is c1ccc(-c2ccc(-c3nc(-c4ccc(-n5c6ccccc6c6cc7ccccc7cc65)c5c4oc4ccccc45)c4oc5ccccc5c4n3)cc2)cc1. The van der Waals surface area contributed by atoms with E-state index in [0.29, 0.717) is 17.1 Å². The molecule has 0 N–H and O–H groups in total. The lowest BCUT2D eigenvalue weighted by molar-refractivity contribution is 0.662. The molecule has 12 aromatic rings. The second-order valence-electron chi connectivity index (χ2n) is 14.1. The summed E-state index contributed by atoms with van der Waals surface area (Å²) >= 11 is 0. The molecule has 5 heteroatoms. The van der Waals surface area contributed by atoms with Crippen molar-refractivity contribution in [2.24, 2.45) is 0 Å². The fraction of sp³-hybridized carbons (Fsp3) is 0. The normalized spacial score (nSPS) is 12.0. The van der Waals surface area contributed by atoms with Crippen LogP contribution in [0.15, 0.2) is 185 Å². The van der Waals surface area contributed by atoms with Crippen LogP contribution in [0.4, 0.5) is 0 Å². The van der Waals surface area contributed by atoms with Crippen LogP contribution in [-0.2, 0) is 0 Å². The first kappa shape index (κ1) is 30.0. The van der Waals surface area contributed by atoms with Gasteiger partial charge >= 0.3 is 0 Å². The molecule has 55 heavy (non-hydrogen) atoms. The molecule has 0 unspecified atom stereocenters. The number of hydrogen-bond acceptors (Lipinski definition) is 4. The van der Waals surface area contributed by atoms with Gasteiger partial charge in [-0.05, 0) is 70.4 Å². The lowest BCUT2D eigenvalue weighted by atomic mass is 10.0. The molecule has 0 saturated carbocycles. The first-order chi connectivity index (χ1) is 27.3. The third-order valence-electron chi connectivity index (χ3n) is 11.0.